The van der Waals surface area contributed by atoms with Gasteiger partial charge in [-0.2, -0.15) is 0 Å². The Hall–Kier alpha value is -13.9. The van der Waals surface area contributed by atoms with Crippen LogP contribution in [-0.4, -0.2) is 0 Å². The van der Waals surface area contributed by atoms with E-state index in [9.17, 15) is 0 Å². The summed E-state index contributed by atoms with van der Waals surface area (Å²) in [4.78, 5) is 4.84. The molecule has 2 heteroatoms. The summed E-state index contributed by atoms with van der Waals surface area (Å²) in [7, 11) is 0. The zero-order valence-corrected chi connectivity index (χ0v) is 58.7. The Bertz CT molecular complexity index is 6860. The largest absolute Gasteiger partial charge is 0.310 e. The quantitative estimate of drug-likeness (QED) is 0.113. The van der Waals surface area contributed by atoms with E-state index in [0.717, 1.165) is 34.1 Å². The van der Waals surface area contributed by atoms with Gasteiger partial charge in [0.25, 0.3) is 0 Å². The molecule has 0 spiro atoms. The standard InChI is InChI=1S/C105H68N2/c1-4-17-69(18-5-1)70-37-47-85(48-38-70)106(88-53-60-96-81(66-88)34-32-74-20-11-13-26-92(74)96)86-49-39-71(40-50-86)76-44-57-98-79(64-76)46-59-100-93(28-16-29-99(98)100)80-45-58-95-78(65-80)35-36-82-67-89(54-61-97(82)95)107(87-51-41-72(42-52-87)75-43-56-94-77(63-75)33-31-73-19-10-12-25-91(73)94)90-55-62-102-101-27-14-15-30-103(101)105(104(102)68-90,83-21-6-2-7-22-83)84-23-8-3-9-24-84/h1-68H. The molecule has 20 aromatic rings. The molecule has 0 amide bonds. The molecule has 0 unspecified atom stereocenters. The topological polar surface area (TPSA) is 6.48 Å². The van der Waals surface area contributed by atoms with Crippen LogP contribution in [-0.2, 0) is 5.41 Å². The van der Waals surface area contributed by atoms with Crippen molar-refractivity contribution in [3.63, 3.8) is 0 Å². The van der Waals surface area contributed by atoms with Crippen molar-refractivity contribution in [1.29, 1.82) is 0 Å². The van der Waals surface area contributed by atoms with Crippen LogP contribution in [0.2, 0.25) is 0 Å². The molecule has 21 rings (SSSR count). The van der Waals surface area contributed by atoms with E-state index in [2.05, 4.69) is 422 Å². The highest BCUT2D eigenvalue weighted by Crippen LogP contribution is 2.58. The van der Waals surface area contributed by atoms with Crippen LogP contribution in [0.25, 0.3) is 142 Å². The van der Waals surface area contributed by atoms with E-state index < -0.39 is 5.41 Å². The molecule has 1 aliphatic rings. The lowest BCUT2D eigenvalue weighted by atomic mass is 9.67. The Kier molecular flexibility index (Phi) is 14.5. The number of hydrogen-bond acceptors (Lipinski definition) is 2. The molecule has 0 aromatic heterocycles. The smallest absolute Gasteiger partial charge is 0.0714 e. The second kappa shape index (κ2) is 25.2. The van der Waals surface area contributed by atoms with Crippen LogP contribution < -0.4 is 9.80 Å². The van der Waals surface area contributed by atoms with Crippen molar-refractivity contribution in [3.05, 3.63) is 435 Å². The molecule has 498 valence electrons. The first kappa shape index (κ1) is 61.7. The average molecular weight is 1360 g/mol. The fraction of sp³-hybridized carbons (Fsp3) is 0.00952. The van der Waals surface area contributed by atoms with Crippen molar-refractivity contribution >= 4 is 120 Å². The third kappa shape index (κ3) is 10.3. The van der Waals surface area contributed by atoms with Gasteiger partial charge in [0.2, 0.25) is 0 Å². The number of benzene rings is 20. The Morgan fingerprint density at radius 2 is 0.467 bits per heavy atom. The predicted octanol–water partition coefficient (Wildman–Crippen LogP) is 28.9. The molecule has 0 saturated heterocycles. The second-order valence-electron chi connectivity index (χ2n) is 28.7. The Morgan fingerprint density at radius 1 is 0.150 bits per heavy atom. The minimum atomic E-state index is -0.553. The molecule has 2 nitrogen and oxygen atoms in total. The Labute approximate surface area is 621 Å². The summed E-state index contributed by atoms with van der Waals surface area (Å²) in [6, 6.07) is 154. The van der Waals surface area contributed by atoms with Crippen molar-refractivity contribution < 1.29 is 0 Å². The maximum Gasteiger partial charge on any atom is 0.0714 e. The van der Waals surface area contributed by atoms with Crippen molar-refractivity contribution in [2.45, 2.75) is 5.41 Å². The molecule has 0 saturated carbocycles. The van der Waals surface area contributed by atoms with E-state index in [1.165, 1.54) is 164 Å². The van der Waals surface area contributed by atoms with Crippen molar-refractivity contribution in [2.24, 2.45) is 0 Å². The molecule has 0 fully saturated rings. The van der Waals surface area contributed by atoms with Crippen LogP contribution in [0.1, 0.15) is 22.3 Å². The first-order valence-corrected chi connectivity index (χ1v) is 37.1. The summed E-state index contributed by atoms with van der Waals surface area (Å²) in [5.74, 6) is 0. The summed E-state index contributed by atoms with van der Waals surface area (Å²) >= 11 is 0. The SMILES string of the molecule is c1ccc(-c2ccc(N(c3ccc(-c4ccc5c(ccc6c(-c7ccc8c(ccc9cc(N(c%10ccc(-c%11ccc%12c(ccc%13ccccc%13%12)c%11)cc%10)c%10ccc%11c(c%10)C(c%10ccccc%10)(c%10ccccc%10)c%10ccccc%10-%11)ccc98)c7)cccc65)c4)cc3)c3ccc4c(ccc5ccccc54)c3)cc2)cc1. The van der Waals surface area contributed by atoms with Gasteiger partial charge in [-0.05, 0) is 255 Å². The van der Waals surface area contributed by atoms with E-state index in [1.54, 1.807) is 0 Å². The number of anilines is 6. The van der Waals surface area contributed by atoms with Gasteiger partial charge in [0.15, 0.2) is 0 Å². The van der Waals surface area contributed by atoms with E-state index in [0.29, 0.717) is 0 Å². The Balaban J connectivity index is 0.616. The number of nitrogens with zero attached hydrogens (tertiary/aromatic N) is 2. The van der Waals surface area contributed by atoms with Gasteiger partial charge in [-0.25, -0.2) is 0 Å². The maximum atomic E-state index is 2.48. The minimum absolute atomic E-state index is 0.553. The molecule has 107 heavy (non-hydrogen) atoms. The van der Waals surface area contributed by atoms with Gasteiger partial charge in [-0.1, -0.05) is 322 Å². The maximum absolute atomic E-state index is 2.48. The normalized spacial score (nSPS) is 12.4. The van der Waals surface area contributed by atoms with Crippen LogP contribution in [0.15, 0.2) is 413 Å². The molecule has 0 N–H and O–H groups in total. The highest BCUT2D eigenvalue weighted by Gasteiger charge is 2.46. The molecular weight excluding hydrogens is 1290 g/mol. The van der Waals surface area contributed by atoms with Gasteiger partial charge in [0.05, 0.1) is 5.41 Å². The van der Waals surface area contributed by atoms with Crippen LogP contribution in [0.3, 0.4) is 0 Å². The molecule has 1 aliphatic carbocycles. The number of rotatable bonds is 12. The first-order chi connectivity index (χ1) is 53.0. The van der Waals surface area contributed by atoms with Gasteiger partial charge < -0.3 is 9.80 Å². The molecule has 0 radical (unpaired) electrons. The summed E-state index contributed by atoms with van der Waals surface area (Å²) in [6.45, 7) is 0. The molecular formula is C105H68N2. The summed E-state index contributed by atoms with van der Waals surface area (Å²) < 4.78 is 0. The summed E-state index contributed by atoms with van der Waals surface area (Å²) in [6.07, 6.45) is 0. The monoisotopic (exact) mass is 1360 g/mol. The fourth-order valence-electron chi connectivity index (χ4n) is 17.7. The first-order valence-electron chi connectivity index (χ1n) is 37.1. The van der Waals surface area contributed by atoms with Gasteiger partial charge in [-0.15, -0.1) is 0 Å². The molecule has 0 aliphatic heterocycles. The van der Waals surface area contributed by atoms with Crippen LogP contribution in [0.4, 0.5) is 34.1 Å². The fourth-order valence-corrected chi connectivity index (χ4v) is 17.7. The summed E-state index contributed by atoms with van der Waals surface area (Å²) in [5.41, 5.74) is 23.1. The molecule has 0 heterocycles. The average Bonchev–Trinajstić information content (AvgIpc) is 1.56. The van der Waals surface area contributed by atoms with Gasteiger partial charge in [-0.3, -0.25) is 0 Å². The Morgan fingerprint density at radius 3 is 1.01 bits per heavy atom. The third-order valence-electron chi connectivity index (χ3n) is 22.8. The highest BCUT2D eigenvalue weighted by molar-refractivity contribution is 6.15. The zero-order chi connectivity index (χ0) is 70.5. The van der Waals surface area contributed by atoms with E-state index in [4.69, 9.17) is 0 Å². The van der Waals surface area contributed by atoms with E-state index in [1.807, 2.05) is 0 Å². The zero-order valence-electron chi connectivity index (χ0n) is 58.7. The summed E-state index contributed by atoms with van der Waals surface area (Å²) in [5, 5.41) is 19.8. The van der Waals surface area contributed by atoms with Gasteiger partial charge in [0.1, 0.15) is 0 Å². The lowest BCUT2D eigenvalue weighted by molar-refractivity contribution is 0.768. The lowest BCUT2D eigenvalue weighted by Crippen LogP contribution is -2.28. The van der Waals surface area contributed by atoms with Crippen LogP contribution in [0, 0.1) is 0 Å². The third-order valence-corrected chi connectivity index (χ3v) is 22.8. The van der Waals surface area contributed by atoms with Crippen LogP contribution in [0.5, 0.6) is 0 Å². The van der Waals surface area contributed by atoms with Crippen LogP contribution >= 0.6 is 0 Å². The second-order valence-corrected chi connectivity index (χ2v) is 28.7. The number of fused-ring (bicyclic) bond motifs is 15. The van der Waals surface area contributed by atoms with Gasteiger partial charge in [0, 0.05) is 34.1 Å². The van der Waals surface area contributed by atoms with Gasteiger partial charge >= 0.3 is 0 Å². The lowest BCUT2D eigenvalue weighted by Gasteiger charge is -2.35. The molecule has 0 bridgehead atoms. The molecule has 0 atom stereocenters. The van der Waals surface area contributed by atoms with Crippen molar-refractivity contribution in [1.82, 2.24) is 0 Å². The highest BCUT2D eigenvalue weighted by atomic mass is 15.1. The van der Waals surface area contributed by atoms with E-state index >= 15 is 0 Å². The number of hydrogen-bond donors (Lipinski definition) is 0. The van der Waals surface area contributed by atoms with E-state index in [-0.39, 0.29) is 0 Å². The van der Waals surface area contributed by atoms with Crippen molar-refractivity contribution in [3.8, 4) is 55.6 Å². The predicted molar refractivity (Wildman–Crippen MR) is 455 cm³/mol. The van der Waals surface area contributed by atoms with Crippen molar-refractivity contribution in [2.75, 3.05) is 9.80 Å². The minimum Gasteiger partial charge on any atom is -0.310 e. The molecule has 20 aromatic carbocycles.